The van der Waals surface area contributed by atoms with Crippen LogP contribution in [0.25, 0.3) is 0 Å². The maximum absolute atomic E-state index is 5.36. The Labute approximate surface area is 59.4 Å². The van der Waals surface area contributed by atoms with E-state index in [1.54, 1.807) is 6.20 Å². The molecular weight excluding hydrogens is 130 g/mol. The molecule has 3 N–H and O–H groups in total. The van der Waals surface area contributed by atoms with E-state index in [0.29, 0.717) is 12.6 Å². The zero-order chi connectivity index (χ0) is 7.40. The van der Waals surface area contributed by atoms with Gasteiger partial charge in [-0.2, -0.15) is 0 Å². The average molecular weight is 141 g/mol. The predicted molar refractivity (Wildman–Crippen MR) is 38.6 cm³/mol. The van der Waals surface area contributed by atoms with E-state index in [1.807, 2.05) is 6.92 Å². The quantitative estimate of drug-likeness (QED) is 0.640. The number of anilines is 1. The van der Waals surface area contributed by atoms with E-state index >= 15 is 0 Å². The minimum Gasteiger partial charge on any atom is -0.432 e. The fourth-order valence-corrected chi connectivity index (χ4v) is 0.564. The van der Waals surface area contributed by atoms with Crippen LogP contribution in [0.2, 0.25) is 0 Å². The molecule has 0 aromatic carbocycles. The van der Waals surface area contributed by atoms with Crippen molar-refractivity contribution in [1.29, 1.82) is 0 Å². The molecule has 0 bridgehead atoms. The summed E-state index contributed by atoms with van der Waals surface area (Å²) in [5, 5.41) is 2.97. The summed E-state index contributed by atoms with van der Waals surface area (Å²) in [6, 6.07) is 0.733. The molecule has 0 aliphatic heterocycles. The Bertz CT molecular complexity index is 173. The van der Waals surface area contributed by atoms with Crippen LogP contribution in [0.5, 0.6) is 0 Å². The number of hydrogen-bond acceptors (Lipinski definition) is 4. The van der Waals surface area contributed by atoms with Crippen molar-refractivity contribution < 1.29 is 4.42 Å². The lowest BCUT2D eigenvalue weighted by atomic mass is 10.3. The fourth-order valence-electron chi connectivity index (χ4n) is 0.564. The first kappa shape index (κ1) is 7.08. The Morgan fingerprint density at radius 2 is 2.70 bits per heavy atom. The van der Waals surface area contributed by atoms with Gasteiger partial charge in [0.1, 0.15) is 6.26 Å². The molecule has 1 heterocycles. The molecule has 1 aromatic rings. The maximum atomic E-state index is 5.36. The number of aromatic nitrogens is 1. The second-order valence-corrected chi connectivity index (χ2v) is 2.12. The Hall–Kier alpha value is -1.03. The third kappa shape index (κ3) is 1.73. The van der Waals surface area contributed by atoms with E-state index in [4.69, 9.17) is 10.2 Å². The molecule has 4 heteroatoms. The summed E-state index contributed by atoms with van der Waals surface area (Å²) in [4.78, 5) is 3.87. The Balaban J connectivity index is 2.40. The molecule has 0 fully saturated rings. The summed E-state index contributed by atoms with van der Waals surface area (Å²) in [5.74, 6) is 0. The van der Waals surface area contributed by atoms with Gasteiger partial charge in [0.05, 0.1) is 6.20 Å². The molecule has 4 nitrogen and oxygen atoms in total. The van der Waals surface area contributed by atoms with Crippen LogP contribution in [-0.2, 0) is 0 Å². The van der Waals surface area contributed by atoms with E-state index in [1.165, 1.54) is 6.26 Å². The number of oxazole rings is 1. The lowest BCUT2D eigenvalue weighted by Crippen LogP contribution is -2.25. The molecular formula is C6H11N3O. The normalized spacial score (nSPS) is 13.0. The van der Waals surface area contributed by atoms with Gasteiger partial charge in [0, 0.05) is 12.6 Å². The molecule has 0 aliphatic carbocycles. The standard InChI is InChI=1S/C6H11N3O/c1-5(4-7)9-6-8-2-3-10-6/h2-3,5H,4,7H2,1H3,(H,8,9). The molecule has 0 radical (unpaired) electrons. The Morgan fingerprint density at radius 3 is 3.20 bits per heavy atom. The summed E-state index contributed by atoms with van der Waals surface area (Å²) in [6.07, 6.45) is 3.11. The molecule has 0 amide bonds. The highest BCUT2D eigenvalue weighted by Crippen LogP contribution is 2.01. The monoisotopic (exact) mass is 141 g/mol. The van der Waals surface area contributed by atoms with Crippen molar-refractivity contribution in [2.75, 3.05) is 11.9 Å². The highest BCUT2D eigenvalue weighted by Gasteiger charge is 2.00. The number of hydrogen-bond donors (Lipinski definition) is 2. The van der Waals surface area contributed by atoms with Gasteiger partial charge in [0.2, 0.25) is 0 Å². The zero-order valence-corrected chi connectivity index (χ0v) is 5.87. The number of rotatable bonds is 3. The molecule has 1 unspecified atom stereocenters. The second-order valence-electron chi connectivity index (χ2n) is 2.12. The second kappa shape index (κ2) is 3.22. The van der Waals surface area contributed by atoms with Gasteiger partial charge >= 0.3 is 0 Å². The van der Waals surface area contributed by atoms with Gasteiger partial charge in [-0.15, -0.1) is 0 Å². The van der Waals surface area contributed by atoms with Crippen molar-refractivity contribution in [3.8, 4) is 0 Å². The average Bonchev–Trinajstić information content (AvgIpc) is 2.40. The van der Waals surface area contributed by atoms with Crippen LogP contribution >= 0.6 is 0 Å². The molecule has 10 heavy (non-hydrogen) atoms. The first-order valence-corrected chi connectivity index (χ1v) is 3.19. The topological polar surface area (TPSA) is 64.1 Å². The zero-order valence-electron chi connectivity index (χ0n) is 5.87. The Kier molecular flexibility index (Phi) is 2.28. The van der Waals surface area contributed by atoms with Crippen LogP contribution in [0.15, 0.2) is 16.9 Å². The summed E-state index contributed by atoms with van der Waals surface area (Å²) >= 11 is 0. The first-order valence-electron chi connectivity index (χ1n) is 3.19. The van der Waals surface area contributed by atoms with Crippen molar-refractivity contribution in [1.82, 2.24) is 4.98 Å². The number of nitrogens with two attached hydrogens (primary N) is 1. The number of nitrogens with zero attached hydrogens (tertiary/aromatic N) is 1. The van der Waals surface area contributed by atoms with Gasteiger partial charge in [-0.05, 0) is 6.92 Å². The van der Waals surface area contributed by atoms with Crippen LogP contribution in [0.4, 0.5) is 6.01 Å². The fraction of sp³-hybridized carbons (Fsp3) is 0.500. The highest BCUT2D eigenvalue weighted by atomic mass is 16.4. The largest absolute Gasteiger partial charge is 0.432 e. The molecule has 56 valence electrons. The van der Waals surface area contributed by atoms with Crippen LogP contribution < -0.4 is 11.1 Å². The van der Waals surface area contributed by atoms with Crippen LogP contribution in [-0.4, -0.2) is 17.6 Å². The Morgan fingerprint density at radius 1 is 1.90 bits per heavy atom. The van der Waals surface area contributed by atoms with Gasteiger partial charge in [0.25, 0.3) is 6.01 Å². The smallest absolute Gasteiger partial charge is 0.294 e. The van der Waals surface area contributed by atoms with E-state index < -0.39 is 0 Å². The van der Waals surface area contributed by atoms with Crippen molar-refractivity contribution in [2.45, 2.75) is 13.0 Å². The highest BCUT2D eigenvalue weighted by molar-refractivity contribution is 5.19. The SMILES string of the molecule is CC(CN)Nc1ncco1. The summed E-state index contributed by atoms with van der Waals surface area (Å²) in [5.41, 5.74) is 5.36. The van der Waals surface area contributed by atoms with E-state index in [9.17, 15) is 0 Å². The maximum Gasteiger partial charge on any atom is 0.294 e. The van der Waals surface area contributed by atoms with Gasteiger partial charge in [0.15, 0.2) is 0 Å². The summed E-state index contributed by atoms with van der Waals surface area (Å²) < 4.78 is 4.93. The minimum absolute atomic E-state index is 0.207. The lowest BCUT2D eigenvalue weighted by molar-refractivity contribution is 0.561. The molecule has 0 aliphatic rings. The molecule has 1 atom stereocenters. The van der Waals surface area contributed by atoms with Gasteiger partial charge < -0.3 is 15.5 Å². The van der Waals surface area contributed by atoms with Crippen LogP contribution in [0.3, 0.4) is 0 Å². The minimum atomic E-state index is 0.207. The van der Waals surface area contributed by atoms with E-state index in [0.717, 1.165) is 0 Å². The molecule has 0 saturated heterocycles. The van der Waals surface area contributed by atoms with Crippen molar-refractivity contribution in [3.05, 3.63) is 12.5 Å². The number of nitrogens with one attached hydrogen (secondary N) is 1. The van der Waals surface area contributed by atoms with E-state index in [-0.39, 0.29) is 6.04 Å². The van der Waals surface area contributed by atoms with Crippen LogP contribution in [0.1, 0.15) is 6.92 Å². The molecule has 1 aromatic heterocycles. The van der Waals surface area contributed by atoms with Gasteiger partial charge in [-0.1, -0.05) is 0 Å². The summed E-state index contributed by atoms with van der Waals surface area (Å²) in [7, 11) is 0. The predicted octanol–water partition coefficient (Wildman–Crippen LogP) is 0.434. The summed E-state index contributed by atoms with van der Waals surface area (Å²) in [6.45, 7) is 2.53. The molecule has 0 saturated carbocycles. The van der Waals surface area contributed by atoms with E-state index in [2.05, 4.69) is 10.3 Å². The first-order chi connectivity index (χ1) is 4.83. The third-order valence-electron chi connectivity index (χ3n) is 1.16. The van der Waals surface area contributed by atoms with Crippen molar-refractivity contribution >= 4 is 6.01 Å². The van der Waals surface area contributed by atoms with Gasteiger partial charge in [-0.3, -0.25) is 0 Å². The lowest BCUT2D eigenvalue weighted by Gasteiger charge is -2.07. The van der Waals surface area contributed by atoms with Crippen molar-refractivity contribution in [2.24, 2.45) is 5.73 Å². The molecule has 1 rings (SSSR count). The van der Waals surface area contributed by atoms with Crippen molar-refractivity contribution in [3.63, 3.8) is 0 Å². The van der Waals surface area contributed by atoms with Gasteiger partial charge in [-0.25, -0.2) is 4.98 Å². The third-order valence-corrected chi connectivity index (χ3v) is 1.16. The van der Waals surface area contributed by atoms with Crippen LogP contribution in [0, 0.1) is 0 Å². The molecule has 0 spiro atoms.